The van der Waals surface area contributed by atoms with E-state index in [1.165, 1.54) is 24.4 Å². The summed E-state index contributed by atoms with van der Waals surface area (Å²) in [5, 5.41) is 10.3. The molecule has 2 aromatic heterocycles. The first kappa shape index (κ1) is 17.3. The van der Waals surface area contributed by atoms with Crippen molar-refractivity contribution in [2.24, 2.45) is 0 Å². The molecule has 0 amide bonds. The van der Waals surface area contributed by atoms with E-state index in [4.69, 9.17) is 0 Å². The van der Waals surface area contributed by atoms with Gasteiger partial charge in [-0.15, -0.1) is 0 Å². The van der Waals surface area contributed by atoms with Gasteiger partial charge in [-0.2, -0.15) is 8.78 Å². The summed E-state index contributed by atoms with van der Waals surface area (Å²) in [5.41, 5.74) is 1.22. The lowest BCUT2D eigenvalue weighted by atomic mass is 9.95. The lowest BCUT2D eigenvalue weighted by molar-refractivity contribution is -0.0529. The Morgan fingerprint density at radius 2 is 2.04 bits per heavy atom. The molecule has 0 fully saturated rings. The highest BCUT2D eigenvalue weighted by molar-refractivity contribution is 9.10. The summed E-state index contributed by atoms with van der Waals surface area (Å²) in [5.74, 6) is -2.66. The molecular formula is C17H11BrF4N2O2. The first-order chi connectivity index (χ1) is 12.4. The molecule has 1 aliphatic rings. The van der Waals surface area contributed by atoms with Gasteiger partial charge in [0.15, 0.2) is 11.6 Å². The average Bonchev–Trinajstić information content (AvgIpc) is 3.08. The highest BCUT2D eigenvalue weighted by Gasteiger charge is 2.38. The predicted molar refractivity (Wildman–Crippen MR) is 87.3 cm³/mol. The monoisotopic (exact) mass is 430 g/mol. The Morgan fingerprint density at radius 1 is 1.27 bits per heavy atom. The van der Waals surface area contributed by atoms with Crippen molar-refractivity contribution in [3.8, 4) is 5.75 Å². The number of fused-ring (bicyclic) bond motifs is 3. The standard InChI is InChI=1S/C17H11BrF4N2O2/c18-9-6-24-13(5-11(9)20)23-14-12(25)4-8(15(14)24)7-2-1-3-10(19)16(7)26-17(21)22/h1-3,5-6,8,12,17,25H,4H2. The minimum Gasteiger partial charge on any atom is -0.431 e. The highest BCUT2D eigenvalue weighted by atomic mass is 79.9. The van der Waals surface area contributed by atoms with Crippen molar-refractivity contribution in [2.75, 3.05) is 0 Å². The molecule has 1 N–H and O–H groups in total. The third-order valence-electron chi connectivity index (χ3n) is 4.41. The summed E-state index contributed by atoms with van der Waals surface area (Å²) in [4.78, 5) is 4.23. The molecule has 3 aromatic rings. The first-order valence-corrected chi connectivity index (χ1v) is 8.44. The number of hydrogen-bond donors (Lipinski definition) is 1. The minimum atomic E-state index is -3.19. The van der Waals surface area contributed by atoms with E-state index in [0.717, 1.165) is 6.07 Å². The molecule has 4 nitrogen and oxygen atoms in total. The SMILES string of the molecule is OC1CC(c2cccc(F)c2OC(F)F)c2c1nc1cc(F)c(Br)cn21. The van der Waals surface area contributed by atoms with Crippen LogP contribution in [-0.4, -0.2) is 21.1 Å². The fraction of sp³-hybridized carbons (Fsp3) is 0.235. The van der Waals surface area contributed by atoms with Crippen LogP contribution in [0.15, 0.2) is 34.9 Å². The van der Waals surface area contributed by atoms with E-state index in [2.05, 4.69) is 25.7 Å². The molecule has 0 radical (unpaired) electrons. The van der Waals surface area contributed by atoms with E-state index in [1.54, 1.807) is 4.40 Å². The second-order valence-corrected chi connectivity index (χ2v) is 6.77. The summed E-state index contributed by atoms with van der Waals surface area (Å²) >= 11 is 3.09. The van der Waals surface area contributed by atoms with Crippen molar-refractivity contribution < 1.29 is 27.4 Å². The van der Waals surface area contributed by atoms with Gasteiger partial charge < -0.3 is 14.2 Å². The number of nitrogens with zero attached hydrogens (tertiary/aromatic N) is 2. The van der Waals surface area contributed by atoms with E-state index < -0.39 is 36.0 Å². The number of aliphatic hydroxyl groups is 1. The van der Waals surface area contributed by atoms with E-state index in [-0.39, 0.29) is 22.1 Å². The predicted octanol–water partition coefficient (Wildman–Crippen LogP) is 4.55. The van der Waals surface area contributed by atoms with Crippen LogP contribution in [0.4, 0.5) is 17.6 Å². The average molecular weight is 431 g/mol. The van der Waals surface area contributed by atoms with E-state index >= 15 is 0 Å². The molecule has 2 atom stereocenters. The zero-order chi connectivity index (χ0) is 18.6. The fourth-order valence-electron chi connectivity index (χ4n) is 3.40. The molecule has 2 heterocycles. The Labute approximate surface area is 153 Å². The molecular weight excluding hydrogens is 420 g/mol. The van der Waals surface area contributed by atoms with Crippen LogP contribution in [0.3, 0.4) is 0 Å². The van der Waals surface area contributed by atoms with Crippen LogP contribution in [0, 0.1) is 11.6 Å². The summed E-state index contributed by atoms with van der Waals surface area (Å²) in [6.07, 6.45) is 0.576. The molecule has 2 unspecified atom stereocenters. The smallest absolute Gasteiger partial charge is 0.387 e. The summed E-state index contributed by atoms with van der Waals surface area (Å²) in [6.45, 7) is -3.19. The van der Waals surface area contributed by atoms with Crippen LogP contribution in [0.1, 0.15) is 35.4 Å². The van der Waals surface area contributed by atoms with Gasteiger partial charge in [0, 0.05) is 23.7 Å². The van der Waals surface area contributed by atoms with Crippen LogP contribution in [0.25, 0.3) is 5.65 Å². The van der Waals surface area contributed by atoms with Gasteiger partial charge >= 0.3 is 6.61 Å². The van der Waals surface area contributed by atoms with Gasteiger partial charge in [0.05, 0.1) is 22.0 Å². The highest BCUT2D eigenvalue weighted by Crippen LogP contribution is 2.47. The van der Waals surface area contributed by atoms with E-state index in [1.807, 2.05) is 0 Å². The van der Waals surface area contributed by atoms with Gasteiger partial charge in [-0.05, 0) is 28.4 Å². The molecule has 0 bridgehead atoms. The number of alkyl halides is 2. The maximum absolute atomic E-state index is 14.1. The number of para-hydroxylation sites is 1. The van der Waals surface area contributed by atoms with Crippen molar-refractivity contribution in [2.45, 2.75) is 25.1 Å². The Kier molecular flexibility index (Phi) is 4.15. The normalized spacial score (nSPS) is 19.3. The number of pyridine rings is 1. The van der Waals surface area contributed by atoms with Gasteiger partial charge in [0.25, 0.3) is 0 Å². The van der Waals surface area contributed by atoms with Crippen LogP contribution >= 0.6 is 15.9 Å². The summed E-state index contributed by atoms with van der Waals surface area (Å²) in [6, 6.07) is 5.06. The number of rotatable bonds is 3. The second kappa shape index (κ2) is 6.24. The van der Waals surface area contributed by atoms with Gasteiger partial charge in [0.2, 0.25) is 0 Å². The third-order valence-corrected chi connectivity index (χ3v) is 5.00. The molecule has 0 saturated heterocycles. The molecule has 1 aliphatic carbocycles. The number of aromatic nitrogens is 2. The summed E-state index contributed by atoms with van der Waals surface area (Å²) < 4.78 is 59.4. The zero-order valence-corrected chi connectivity index (χ0v) is 14.6. The lowest BCUT2D eigenvalue weighted by Crippen LogP contribution is -2.10. The zero-order valence-electron chi connectivity index (χ0n) is 13.0. The minimum absolute atomic E-state index is 0.124. The topological polar surface area (TPSA) is 46.8 Å². The molecule has 1 aromatic carbocycles. The number of ether oxygens (including phenoxy) is 1. The third kappa shape index (κ3) is 2.66. The fourth-order valence-corrected chi connectivity index (χ4v) is 3.72. The van der Waals surface area contributed by atoms with E-state index in [9.17, 15) is 22.7 Å². The van der Waals surface area contributed by atoms with Gasteiger partial charge in [-0.1, -0.05) is 12.1 Å². The molecule has 136 valence electrons. The molecule has 0 aliphatic heterocycles. The van der Waals surface area contributed by atoms with Gasteiger partial charge in [-0.3, -0.25) is 0 Å². The van der Waals surface area contributed by atoms with Gasteiger partial charge in [0.1, 0.15) is 11.5 Å². The Balaban J connectivity index is 1.92. The van der Waals surface area contributed by atoms with Crippen LogP contribution in [0.5, 0.6) is 5.75 Å². The Morgan fingerprint density at radius 3 is 2.77 bits per heavy atom. The van der Waals surface area contributed by atoms with Crippen LogP contribution < -0.4 is 4.74 Å². The number of imidazole rings is 1. The number of benzene rings is 1. The van der Waals surface area contributed by atoms with Crippen LogP contribution in [-0.2, 0) is 0 Å². The lowest BCUT2D eigenvalue weighted by Gasteiger charge is -2.18. The maximum atomic E-state index is 14.1. The first-order valence-electron chi connectivity index (χ1n) is 7.65. The number of aliphatic hydroxyl groups excluding tert-OH is 1. The van der Waals surface area contributed by atoms with Crippen molar-refractivity contribution in [3.63, 3.8) is 0 Å². The quantitative estimate of drug-likeness (QED) is 0.620. The van der Waals surface area contributed by atoms with E-state index in [0.29, 0.717) is 11.4 Å². The summed E-state index contributed by atoms with van der Waals surface area (Å²) in [7, 11) is 0. The van der Waals surface area contributed by atoms with Gasteiger partial charge in [-0.25, -0.2) is 13.8 Å². The van der Waals surface area contributed by atoms with Crippen LogP contribution in [0.2, 0.25) is 0 Å². The molecule has 4 rings (SSSR count). The Hall–Kier alpha value is -2.13. The molecule has 0 spiro atoms. The Bertz CT molecular complexity index is 1010. The van der Waals surface area contributed by atoms with Crippen molar-refractivity contribution in [3.05, 3.63) is 63.5 Å². The molecule has 9 heteroatoms. The number of hydrogen-bond acceptors (Lipinski definition) is 3. The molecule has 26 heavy (non-hydrogen) atoms. The van der Waals surface area contributed by atoms with Crippen molar-refractivity contribution in [1.29, 1.82) is 0 Å². The number of halogens is 5. The largest absolute Gasteiger partial charge is 0.431 e. The van der Waals surface area contributed by atoms with Crippen molar-refractivity contribution in [1.82, 2.24) is 9.38 Å². The molecule has 0 saturated carbocycles. The second-order valence-electron chi connectivity index (χ2n) is 5.92. The maximum Gasteiger partial charge on any atom is 0.387 e. The van der Waals surface area contributed by atoms with Crippen molar-refractivity contribution >= 4 is 21.6 Å².